The first-order valence-corrected chi connectivity index (χ1v) is 5.77. The molecular weight excluding hydrogens is 214 g/mol. The fourth-order valence-corrected chi connectivity index (χ4v) is 2.50. The Labute approximate surface area is 101 Å². The van der Waals surface area contributed by atoms with Crippen LogP contribution in [0.1, 0.15) is 17.5 Å². The summed E-state index contributed by atoms with van der Waals surface area (Å²) in [5, 5.41) is 3.26. The lowest BCUT2D eigenvalue weighted by Crippen LogP contribution is -2.48. The molecule has 0 saturated heterocycles. The summed E-state index contributed by atoms with van der Waals surface area (Å²) in [5.74, 6) is -0.218. The van der Waals surface area contributed by atoms with Crippen LogP contribution in [0.5, 0.6) is 0 Å². The summed E-state index contributed by atoms with van der Waals surface area (Å²) < 4.78 is 4.96. The van der Waals surface area contributed by atoms with Crippen molar-refractivity contribution in [1.82, 2.24) is 5.32 Å². The number of hydrogen-bond donors (Lipinski definition) is 1. The molecule has 1 aliphatic rings. The summed E-state index contributed by atoms with van der Waals surface area (Å²) in [4.78, 5) is 12.1. The number of fused-ring (bicyclic) bond motifs is 1. The van der Waals surface area contributed by atoms with Crippen molar-refractivity contribution in [2.75, 3.05) is 13.7 Å². The second-order valence-corrected chi connectivity index (χ2v) is 4.22. The van der Waals surface area contributed by atoms with Gasteiger partial charge in [0.1, 0.15) is 5.54 Å². The predicted octanol–water partition coefficient (Wildman–Crippen LogP) is 1.78. The number of carbonyl (C=O) groups is 1. The zero-order chi connectivity index (χ0) is 12.3. The zero-order valence-electron chi connectivity index (χ0n) is 10.0. The van der Waals surface area contributed by atoms with Crippen molar-refractivity contribution in [2.45, 2.75) is 18.4 Å². The van der Waals surface area contributed by atoms with Crippen LogP contribution in [0.25, 0.3) is 0 Å². The molecule has 3 heteroatoms. The first-order valence-electron chi connectivity index (χ1n) is 5.77. The van der Waals surface area contributed by atoms with Gasteiger partial charge in [-0.25, -0.2) is 4.79 Å². The van der Waals surface area contributed by atoms with E-state index in [2.05, 4.69) is 18.0 Å². The van der Waals surface area contributed by atoms with Gasteiger partial charge in [0.2, 0.25) is 0 Å². The second-order valence-electron chi connectivity index (χ2n) is 4.22. The quantitative estimate of drug-likeness (QED) is 0.634. The molecule has 0 saturated carbocycles. The zero-order valence-corrected chi connectivity index (χ0v) is 10.0. The van der Waals surface area contributed by atoms with E-state index in [1.165, 1.54) is 12.7 Å². The van der Waals surface area contributed by atoms with Crippen LogP contribution in [0.2, 0.25) is 0 Å². The lowest BCUT2D eigenvalue weighted by molar-refractivity contribution is -0.149. The minimum absolute atomic E-state index is 0.218. The number of rotatable bonds is 4. The highest BCUT2D eigenvalue weighted by Crippen LogP contribution is 2.37. The summed E-state index contributed by atoms with van der Waals surface area (Å²) in [7, 11) is 1.43. The van der Waals surface area contributed by atoms with Crippen molar-refractivity contribution in [2.24, 2.45) is 0 Å². The van der Waals surface area contributed by atoms with Crippen molar-refractivity contribution >= 4 is 5.97 Å². The van der Waals surface area contributed by atoms with Gasteiger partial charge in [-0.2, -0.15) is 0 Å². The summed E-state index contributed by atoms with van der Waals surface area (Å²) in [5.41, 5.74) is 1.56. The lowest BCUT2D eigenvalue weighted by Gasteiger charge is -2.28. The minimum Gasteiger partial charge on any atom is -0.467 e. The first kappa shape index (κ1) is 11.9. The third-order valence-electron chi connectivity index (χ3n) is 3.33. The van der Waals surface area contributed by atoms with Crippen LogP contribution in [-0.4, -0.2) is 19.6 Å². The number of benzene rings is 1. The van der Waals surface area contributed by atoms with E-state index in [0.29, 0.717) is 6.54 Å². The van der Waals surface area contributed by atoms with Gasteiger partial charge >= 0.3 is 5.97 Å². The van der Waals surface area contributed by atoms with Crippen molar-refractivity contribution in [1.29, 1.82) is 0 Å². The van der Waals surface area contributed by atoms with Crippen LogP contribution in [-0.2, 0) is 21.5 Å². The Morgan fingerprint density at radius 1 is 1.59 bits per heavy atom. The van der Waals surface area contributed by atoms with Gasteiger partial charge in [0.05, 0.1) is 7.11 Å². The van der Waals surface area contributed by atoms with Gasteiger partial charge in [0.25, 0.3) is 0 Å². The highest BCUT2D eigenvalue weighted by Gasteiger charge is 2.45. The second kappa shape index (κ2) is 4.72. The molecule has 2 rings (SSSR count). The van der Waals surface area contributed by atoms with Crippen LogP contribution >= 0.6 is 0 Å². The van der Waals surface area contributed by atoms with E-state index in [4.69, 9.17) is 4.74 Å². The van der Waals surface area contributed by atoms with E-state index < -0.39 is 5.54 Å². The molecule has 3 nitrogen and oxygen atoms in total. The standard InChI is InChI=1S/C14H17NO2/c1-3-10-15-14(13(16)17-2)9-8-11-6-4-5-7-12(11)14/h3-7,15H,1,8-10H2,2H3. The molecule has 1 N–H and O–H groups in total. The molecule has 1 aliphatic carbocycles. The normalized spacial score (nSPS) is 21.9. The van der Waals surface area contributed by atoms with E-state index in [9.17, 15) is 4.79 Å². The summed E-state index contributed by atoms with van der Waals surface area (Å²) in [6.45, 7) is 4.27. The molecule has 90 valence electrons. The molecule has 0 radical (unpaired) electrons. The Hall–Kier alpha value is -1.61. The molecule has 1 atom stereocenters. The molecule has 1 aromatic carbocycles. The maximum atomic E-state index is 12.1. The third kappa shape index (κ3) is 1.87. The largest absolute Gasteiger partial charge is 0.467 e. The highest BCUT2D eigenvalue weighted by molar-refractivity contribution is 5.84. The van der Waals surface area contributed by atoms with Gasteiger partial charge in [-0.15, -0.1) is 6.58 Å². The molecule has 0 aromatic heterocycles. The lowest BCUT2D eigenvalue weighted by atomic mass is 9.91. The predicted molar refractivity (Wildman–Crippen MR) is 66.7 cm³/mol. The van der Waals surface area contributed by atoms with E-state index in [1.54, 1.807) is 6.08 Å². The summed E-state index contributed by atoms with van der Waals surface area (Å²) in [6.07, 6.45) is 3.40. The van der Waals surface area contributed by atoms with E-state index in [-0.39, 0.29) is 5.97 Å². The van der Waals surface area contributed by atoms with Crippen molar-refractivity contribution in [3.8, 4) is 0 Å². The number of hydrogen-bond acceptors (Lipinski definition) is 3. The fraction of sp³-hybridized carbons (Fsp3) is 0.357. The number of nitrogens with one attached hydrogen (secondary N) is 1. The Morgan fingerprint density at radius 2 is 2.35 bits per heavy atom. The molecule has 0 aliphatic heterocycles. The number of esters is 1. The molecule has 0 bridgehead atoms. The minimum atomic E-state index is -0.695. The number of carbonyl (C=O) groups excluding carboxylic acids is 1. The molecular formula is C14H17NO2. The van der Waals surface area contributed by atoms with Gasteiger partial charge in [0, 0.05) is 6.54 Å². The summed E-state index contributed by atoms with van der Waals surface area (Å²) in [6, 6.07) is 8.02. The van der Waals surface area contributed by atoms with Crippen LogP contribution in [0.15, 0.2) is 36.9 Å². The van der Waals surface area contributed by atoms with Crippen molar-refractivity contribution in [3.05, 3.63) is 48.0 Å². The third-order valence-corrected chi connectivity index (χ3v) is 3.33. The van der Waals surface area contributed by atoms with Gasteiger partial charge in [-0.3, -0.25) is 5.32 Å². The van der Waals surface area contributed by atoms with E-state index in [0.717, 1.165) is 18.4 Å². The Morgan fingerprint density at radius 3 is 3.06 bits per heavy atom. The van der Waals surface area contributed by atoms with E-state index in [1.807, 2.05) is 18.2 Å². The molecule has 0 amide bonds. The van der Waals surface area contributed by atoms with Crippen molar-refractivity contribution in [3.63, 3.8) is 0 Å². The molecule has 0 heterocycles. The summed E-state index contributed by atoms with van der Waals surface area (Å²) >= 11 is 0. The van der Waals surface area contributed by atoms with Gasteiger partial charge in [-0.1, -0.05) is 30.3 Å². The number of ether oxygens (including phenoxy) is 1. The smallest absolute Gasteiger partial charge is 0.330 e. The highest BCUT2D eigenvalue weighted by atomic mass is 16.5. The van der Waals surface area contributed by atoms with Crippen LogP contribution in [0, 0.1) is 0 Å². The Balaban J connectivity index is 2.42. The maximum Gasteiger partial charge on any atom is 0.330 e. The van der Waals surface area contributed by atoms with Crippen molar-refractivity contribution < 1.29 is 9.53 Å². The number of methoxy groups -OCH3 is 1. The SMILES string of the molecule is C=CCNC1(C(=O)OC)CCc2ccccc21. The van der Waals surface area contributed by atoms with Crippen LogP contribution in [0.4, 0.5) is 0 Å². The van der Waals surface area contributed by atoms with E-state index >= 15 is 0 Å². The van der Waals surface area contributed by atoms with Crippen LogP contribution < -0.4 is 5.32 Å². The van der Waals surface area contributed by atoms with Crippen LogP contribution in [0.3, 0.4) is 0 Å². The Bertz CT molecular complexity index is 442. The fourth-order valence-electron chi connectivity index (χ4n) is 2.50. The average Bonchev–Trinajstić information content (AvgIpc) is 2.76. The molecule has 1 aromatic rings. The Kier molecular flexibility index (Phi) is 3.29. The molecule has 0 fully saturated rings. The molecule has 0 spiro atoms. The first-order chi connectivity index (χ1) is 8.24. The van der Waals surface area contributed by atoms with Gasteiger partial charge < -0.3 is 4.74 Å². The number of aryl methyl sites for hydroxylation is 1. The average molecular weight is 231 g/mol. The van der Waals surface area contributed by atoms with Gasteiger partial charge in [-0.05, 0) is 24.0 Å². The monoisotopic (exact) mass is 231 g/mol. The molecule has 17 heavy (non-hydrogen) atoms. The van der Waals surface area contributed by atoms with Gasteiger partial charge in [0.15, 0.2) is 0 Å². The topological polar surface area (TPSA) is 38.3 Å². The molecule has 1 unspecified atom stereocenters. The maximum absolute atomic E-state index is 12.1.